The third kappa shape index (κ3) is 4.93. The molecule has 0 aliphatic carbocycles. The van der Waals surface area contributed by atoms with Gasteiger partial charge in [-0.15, -0.1) is 0 Å². The minimum atomic E-state index is -3.59. The molecule has 0 saturated heterocycles. The fourth-order valence-electron chi connectivity index (χ4n) is 4.21. The monoisotopic (exact) mass is 436 g/mol. The van der Waals surface area contributed by atoms with Crippen LogP contribution in [0.5, 0.6) is 0 Å². The molecule has 0 aromatic heterocycles. The van der Waals surface area contributed by atoms with Crippen LogP contribution in [0.4, 0.5) is 0 Å². The predicted octanol–water partition coefficient (Wildman–Crippen LogP) is 6.76. The van der Waals surface area contributed by atoms with E-state index in [9.17, 15) is 0 Å². The van der Waals surface area contributed by atoms with Crippen molar-refractivity contribution in [3.05, 3.63) is 91.0 Å². The van der Waals surface area contributed by atoms with Gasteiger partial charge in [-0.1, -0.05) is 0 Å². The molecule has 0 unspecified atom stereocenters. The Labute approximate surface area is 188 Å². The molecule has 3 rings (SSSR count). The molecule has 0 radical (unpaired) electrons. The van der Waals surface area contributed by atoms with E-state index in [-0.39, 0.29) is 0 Å². The number of hydrogen-bond donors (Lipinski definition) is 0. The Kier molecular flexibility index (Phi) is 8.84. The van der Waals surface area contributed by atoms with Crippen LogP contribution >= 0.6 is 7.06 Å². The molecule has 166 valence electrons. The third-order valence-electron chi connectivity index (χ3n) is 5.85. The fraction of sp³-hybridized carbons (Fsp3) is 0.357. The van der Waals surface area contributed by atoms with Crippen molar-refractivity contribution in [2.24, 2.45) is 0 Å². The van der Waals surface area contributed by atoms with E-state index < -0.39 is 7.06 Å². The topological polar surface area (TPSA) is 18.5 Å². The van der Waals surface area contributed by atoms with E-state index in [1.807, 2.05) is 0 Å². The molecule has 0 aliphatic heterocycles. The van der Waals surface area contributed by atoms with E-state index in [1.54, 1.807) is 0 Å². The summed E-state index contributed by atoms with van der Waals surface area (Å²) in [5.41, 5.74) is 0. The van der Waals surface area contributed by atoms with Crippen molar-refractivity contribution < 1.29 is 9.05 Å². The maximum atomic E-state index is 7.17. The molecular formula is C28H37O2P. The van der Waals surface area contributed by atoms with Gasteiger partial charge in [0.25, 0.3) is 0 Å². The van der Waals surface area contributed by atoms with Crippen LogP contribution in [0.1, 0.15) is 52.4 Å². The molecule has 0 fully saturated rings. The molecule has 0 heterocycles. The molecular weight excluding hydrogens is 399 g/mol. The third-order valence-corrected chi connectivity index (χ3v) is 10.9. The molecule has 3 aromatic rings. The van der Waals surface area contributed by atoms with Gasteiger partial charge in [-0.25, -0.2) is 0 Å². The van der Waals surface area contributed by atoms with Crippen LogP contribution in [0.25, 0.3) is 0 Å². The van der Waals surface area contributed by atoms with Crippen molar-refractivity contribution in [2.45, 2.75) is 52.4 Å². The summed E-state index contributed by atoms with van der Waals surface area (Å²) in [5, 5.41) is 3.41. The van der Waals surface area contributed by atoms with Gasteiger partial charge in [-0.3, -0.25) is 0 Å². The Morgan fingerprint density at radius 2 is 0.806 bits per heavy atom. The Bertz CT molecular complexity index is 765. The summed E-state index contributed by atoms with van der Waals surface area (Å²) in [6.45, 7) is 5.81. The first-order chi connectivity index (χ1) is 15.3. The van der Waals surface area contributed by atoms with Crippen LogP contribution in [-0.4, -0.2) is 13.2 Å². The van der Waals surface area contributed by atoms with Crippen molar-refractivity contribution in [3.63, 3.8) is 0 Å². The fourth-order valence-corrected chi connectivity index (χ4v) is 9.17. The molecule has 0 aliphatic rings. The van der Waals surface area contributed by atoms with Crippen LogP contribution in [0.15, 0.2) is 91.0 Å². The summed E-state index contributed by atoms with van der Waals surface area (Å²) < 4.78 is 14.3. The SMILES string of the molecule is CCCCCOP(OCCCCC)(c1ccccc1)(c1ccccc1)c1ccccc1. The zero-order valence-electron chi connectivity index (χ0n) is 19.1. The van der Waals surface area contributed by atoms with Gasteiger partial charge in [0.15, 0.2) is 0 Å². The zero-order valence-corrected chi connectivity index (χ0v) is 20.0. The van der Waals surface area contributed by atoms with E-state index in [1.165, 1.54) is 12.8 Å². The molecule has 0 spiro atoms. The molecule has 0 atom stereocenters. The quantitative estimate of drug-likeness (QED) is 0.218. The van der Waals surface area contributed by atoms with E-state index in [0.717, 1.165) is 41.6 Å². The molecule has 0 N–H and O–H groups in total. The number of unbranched alkanes of at least 4 members (excludes halogenated alkanes) is 4. The number of rotatable bonds is 13. The van der Waals surface area contributed by atoms with Crippen molar-refractivity contribution in [2.75, 3.05) is 13.2 Å². The Morgan fingerprint density at radius 1 is 0.484 bits per heavy atom. The zero-order chi connectivity index (χ0) is 21.9. The van der Waals surface area contributed by atoms with Gasteiger partial charge in [-0.2, -0.15) is 0 Å². The van der Waals surface area contributed by atoms with Gasteiger partial charge in [0.1, 0.15) is 0 Å². The summed E-state index contributed by atoms with van der Waals surface area (Å²) in [7, 11) is -3.59. The Hall–Kier alpha value is -1.99. The van der Waals surface area contributed by atoms with Crippen LogP contribution < -0.4 is 15.9 Å². The first-order valence-electron chi connectivity index (χ1n) is 11.8. The molecule has 3 heteroatoms. The van der Waals surface area contributed by atoms with Gasteiger partial charge in [0.2, 0.25) is 0 Å². The van der Waals surface area contributed by atoms with Crippen LogP contribution in [0.2, 0.25) is 0 Å². The molecule has 2 nitrogen and oxygen atoms in total. The minimum absolute atomic E-state index is 0.679. The van der Waals surface area contributed by atoms with E-state index in [2.05, 4.69) is 105 Å². The molecule has 0 bridgehead atoms. The van der Waals surface area contributed by atoms with Crippen molar-refractivity contribution in [1.29, 1.82) is 0 Å². The number of benzene rings is 3. The first-order valence-corrected chi connectivity index (χ1v) is 13.8. The molecule has 3 aromatic carbocycles. The molecule has 0 saturated carbocycles. The second kappa shape index (κ2) is 11.6. The van der Waals surface area contributed by atoms with E-state index in [4.69, 9.17) is 9.05 Å². The van der Waals surface area contributed by atoms with Crippen LogP contribution in [0, 0.1) is 0 Å². The predicted molar refractivity (Wildman–Crippen MR) is 136 cm³/mol. The summed E-state index contributed by atoms with van der Waals surface area (Å²) >= 11 is 0. The standard InChI is InChI=1S/C28H37O2P/c1-3-5-16-24-29-31(30-25-17-6-4-2,26-18-10-7-11-19-26,27-20-12-8-13-21-27)28-22-14-9-15-23-28/h7-15,18-23H,3-6,16-17,24-25H2,1-2H3. The summed E-state index contributed by atoms with van der Waals surface area (Å²) in [5.74, 6) is 0. The average Bonchev–Trinajstić information content (AvgIpc) is 2.85. The second-order valence-electron chi connectivity index (χ2n) is 8.04. The second-order valence-corrected chi connectivity index (χ2v) is 12.0. The van der Waals surface area contributed by atoms with Crippen molar-refractivity contribution in [3.8, 4) is 0 Å². The van der Waals surface area contributed by atoms with Gasteiger partial charge in [-0.05, 0) is 0 Å². The van der Waals surface area contributed by atoms with Crippen LogP contribution in [0.3, 0.4) is 0 Å². The van der Waals surface area contributed by atoms with Gasteiger partial charge < -0.3 is 0 Å². The summed E-state index contributed by atoms with van der Waals surface area (Å²) in [6, 6.07) is 32.0. The molecule has 31 heavy (non-hydrogen) atoms. The number of hydrogen-bond acceptors (Lipinski definition) is 2. The Balaban J connectivity index is 2.27. The summed E-state index contributed by atoms with van der Waals surface area (Å²) in [4.78, 5) is 0. The van der Waals surface area contributed by atoms with E-state index in [0.29, 0.717) is 13.2 Å². The maximum absolute atomic E-state index is 7.17. The normalized spacial score (nSPS) is 12.9. The first kappa shape index (κ1) is 23.7. The van der Waals surface area contributed by atoms with Gasteiger partial charge in [0, 0.05) is 0 Å². The average molecular weight is 437 g/mol. The Morgan fingerprint density at radius 3 is 1.10 bits per heavy atom. The van der Waals surface area contributed by atoms with E-state index >= 15 is 0 Å². The van der Waals surface area contributed by atoms with Gasteiger partial charge in [0.05, 0.1) is 0 Å². The summed E-state index contributed by atoms with van der Waals surface area (Å²) in [6.07, 6.45) is 6.69. The van der Waals surface area contributed by atoms with Crippen molar-refractivity contribution >= 4 is 23.0 Å². The van der Waals surface area contributed by atoms with Gasteiger partial charge >= 0.3 is 189 Å². The van der Waals surface area contributed by atoms with Crippen molar-refractivity contribution in [1.82, 2.24) is 0 Å². The molecule has 0 amide bonds. The van der Waals surface area contributed by atoms with Crippen LogP contribution in [-0.2, 0) is 9.05 Å².